The summed E-state index contributed by atoms with van der Waals surface area (Å²) in [7, 11) is 0. The number of rotatable bonds is 5. The van der Waals surface area contributed by atoms with Gasteiger partial charge in [0.25, 0.3) is 0 Å². The van der Waals surface area contributed by atoms with Crippen molar-refractivity contribution in [3.63, 3.8) is 0 Å². The molecule has 0 saturated heterocycles. The van der Waals surface area contributed by atoms with Gasteiger partial charge in [0.1, 0.15) is 0 Å². The van der Waals surface area contributed by atoms with E-state index in [0.717, 1.165) is 42.9 Å². The second kappa shape index (κ2) is 8.32. The van der Waals surface area contributed by atoms with Crippen LogP contribution in [0.2, 0.25) is 0 Å². The summed E-state index contributed by atoms with van der Waals surface area (Å²) in [4.78, 5) is 0. The molecule has 4 rings (SSSR count). The van der Waals surface area contributed by atoms with Crippen LogP contribution in [0.3, 0.4) is 0 Å². The summed E-state index contributed by atoms with van der Waals surface area (Å²) in [5, 5.41) is 21.2. The molecule has 9 atom stereocenters. The first-order valence-corrected chi connectivity index (χ1v) is 13.3. The van der Waals surface area contributed by atoms with Crippen LogP contribution in [0.4, 0.5) is 0 Å². The van der Waals surface area contributed by atoms with E-state index < -0.39 is 5.60 Å². The second-order valence-corrected chi connectivity index (χ2v) is 12.6. The lowest BCUT2D eigenvalue weighted by Crippen LogP contribution is -2.50. The van der Waals surface area contributed by atoms with Gasteiger partial charge in [-0.15, -0.1) is 0 Å². The predicted octanol–water partition coefficient (Wildman–Crippen LogP) is 6.92. The van der Waals surface area contributed by atoms with Crippen molar-refractivity contribution in [2.45, 2.75) is 111 Å². The van der Waals surface area contributed by atoms with Crippen LogP contribution in [0.1, 0.15) is 99.3 Å². The van der Waals surface area contributed by atoms with Gasteiger partial charge >= 0.3 is 0 Å². The lowest BCUT2D eigenvalue weighted by atomic mass is 9.47. The predicted molar refractivity (Wildman–Crippen MR) is 130 cm³/mol. The highest BCUT2D eigenvalue weighted by molar-refractivity contribution is 5.25. The quantitative estimate of drug-likeness (QED) is 0.467. The standard InChI is InChI=1S/C29H48O2/c1-7-29(31,19(2)3)17-12-20(4)24-10-11-25-23-9-8-21-18-22(30)13-15-27(21,5)26(23)14-16-28(24,25)6/h8,12,17,19-20,22-26,30-31H,7,9-11,13-16,18H2,1-6H3/b17-12+/t20-,22+,23+,24-,25+,26+,27+,28-,29+/m1/s1. The first-order valence-electron chi connectivity index (χ1n) is 13.3. The SMILES string of the molecule is CC[C@](O)(/C=C/[C@@H](C)[C@H]1CC[C@H]2[C@@H]3CC=C4C[C@@H](O)CC[C@]4(C)[C@H]3CC[C@]12C)C(C)C. The van der Waals surface area contributed by atoms with E-state index in [2.05, 4.69) is 59.8 Å². The minimum absolute atomic E-state index is 0.110. The maximum absolute atomic E-state index is 11.0. The molecular formula is C29H48O2. The van der Waals surface area contributed by atoms with Gasteiger partial charge < -0.3 is 10.2 Å². The smallest absolute Gasteiger partial charge is 0.0847 e. The van der Waals surface area contributed by atoms with E-state index in [0.29, 0.717) is 16.7 Å². The monoisotopic (exact) mass is 428 g/mol. The zero-order chi connectivity index (χ0) is 22.6. The Bertz CT molecular complexity index is 722. The van der Waals surface area contributed by atoms with Crippen molar-refractivity contribution in [3.05, 3.63) is 23.8 Å². The number of fused-ring (bicyclic) bond motifs is 5. The highest BCUT2D eigenvalue weighted by Gasteiger charge is 2.59. The zero-order valence-electron chi connectivity index (χ0n) is 21.0. The van der Waals surface area contributed by atoms with Crippen molar-refractivity contribution in [1.29, 1.82) is 0 Å². The summed E-state index contributed by atoms with van der Waals surface area (Å²) in [6, 6.07) is 0. The Balaban J connectivity index is 1.53. The minimum Gasteiger partial charge on any atom is -0.393 e. The normalized spacial score (nSPS) is 45.6. The number of aliphatic hydroxyl groups is 2. The Morgan fingerprint density at radius 3 is 2.52 bits per heavy atom. The van der Waals surface area contributed by atoms with Crippen molar-refractivity contribution in [1.82, 2.24) is 0 Å². The number of hydrogen-bond acceptors (Lipinski definition) is 2. The molecule has 0 radical (unpaired) electrons. The number of allylic oxidation sites excluding steroid dienone is 2. The van der Waals surface area contributed by atoms with Gasteiger partial charge in [0.15, 0.2) is 0 Å². The van der Waals surface area contributed by atoms with Crippen molar-refractivity contribution in [3.8, 4) is 0 Å². The summed E-state index contributed by atoms with van der Waals surface area (Å²) in [5.41, 5.74) is 1.68. The van der Waals surface area contributed by atoms with Crippen LogP contribution in [0, 0.1) is 46.3 Å². The maximum atomic E-state index is 11.0. The molecular weight excluding hydrogens is 380 g/mol. The first-order chi connectivity index (χ1) is 14.5. The molecule has 4 aliphatic rings. The fraction of sp³-hybridized carbons (Fsp3) is 0.862. The van der Waals surface area contributed by atoms with E-state index in [4.69, 9.17) is 0 Å². The summed E-state index contributed by atoms with van der Waals surface area (Å²) in [6.07, 6.45) is 17.5. The molecule has 0 unspecified atom stereocenters. The molecule has 3 fully saturated rings. The molecule has 0 spiro atoms. The zero-order valence-corrected chi connectivity index (χ0v) is 21.0. The summed E-state index contributed by atoms with van der Waals surface area (Å²) in [5.74, 6) is 3.98. The Morgan fingerprint density at radius 1 is 1.10 bits per heavy atom. The third kappa shape index (κ3) is 3.78. The molecule has 0 bridgehead atoms. The average molecular weight is 429 g/mol. The van der Waals surface area contributed by atoms with Crippen LogP contribution < -0.4 is 0 Å². The van der Waals surface area contributed by atoms with Crippen molar-refractivity contribution < 1.29 is 10.2 Å². The molecule has 2 N–H and O–H groups in total. The molecule has 0 aromatic rings. The minimum atomic E-state index is -0.671. The fourth-order valence-corrected chi connectivity index (χ4v) is 8.72. The molecule has 0 aromatic carbocycles. The van der Waals surface area contributed by atoms with Crippen LogP contribution in [0.5, 0.6) is 0 Å². The van der Waals surface area contributed by atoms with E-state index in [1.807, 2.05) is 0 Å². The molecule has 31 heavy (non-hydrogen) atoms. The Hall–Kier alpha value is -0.600. The van der Waals surface area contributed by atoms with Gasteiger partial charge in [-0.2, -0.15) is 0 Å². The Kier molecular flexibility index (Phi) is 6.32. The molecule has 2 nitrogen and oxygen atoms in total. The first kappa shape index (κ1) is 23.6. The van der Waals surface area contributed by atoms with Gasteiger partial charge in [0, 0.05) is 0 Å². The van der Waals surface area contributed by atoms with Gasteiger partial charge in [-0.25, -0.2) is 0 Å². The van der Waals surface area contributed by atoms with Gasteiger partial charge in [-0.3, -0.25) is 0 Å². The van der Waals surface area contributed by atoms with E-state index >= 15 is 0 Å². The largest absolute Gasteiger partial charge is 0.393 e. The molecule has 3 saturated carbocycles. The summed E-state index contributed by atoms with van der Waals surface area (Å²) in [6.45, 7) is 13.9. The lowest BCUT2D eigenvalue weighted by molar-refractivity contribution is -0.0542. The van der Waals surface area contributed by atoms with Gasteiger partial charge in [-0.1, -0.05) is 65.3 Å². The molecule has 176 valence electrons. The van der Waals surface area contributed by atoms with Crippen LogP contribution in [0.25, 0.3) is 0 Å². The lowest BCUT2D eigenvalue weighted by Gasteiger charge is -2.58. The maximum Gasteiger partial charge on any atom is 0.0847 e. The van der Waals surface area contributed by atoms with Crippen molar-refractivity contribution in [2.24, 2.45) is 46.3 Å². The average Bonchev–Trinajstić information content (AvgIpc) is 3.09. The van der Waals surface area contributed by atoms with Crippen LogP contribution in [-0.4, -0.2) is 21.9 Å². The molecule has 4 aliphatic carbocycles. The molecule has 0 amide bonds. The molecule has 0 heterocycles. The third-order valence-electron chi connectivity index (χ3n) is 11.0. The molecule has 2 heteroatoms. The van der Waals surface area contributed by atoms with Crippen molar-refractivity contribution >= 4 is 0 Å². The fourth-order valence-electron chi connectivity index (χ4n) is 8.72. The van der Waals surface area contributed by atoms with Gasteiger partial charge in [-0.05, 0) is 104 Å². The van der Waals surface area contributed by atoms with Crippen LogP contribution in [-0.2, 0) is 0 Å². The Morgan fingerprint density at radius 2 is 1.84 bits per heavy atom. The van der Waals surface area contributed by atoms with Gasteiger partial charge in [0.2, 0.25) is 0 Å². The number of hydrogen-bond donors (Lipinski definition) is 2. The highest BCUT2D eigenvalue weighted by atomic mass is 16.3. The van der Waals surface area contributed by atoms with E-state index in [1.54, 1.807) is 5.57 Å². The number of aliphatic hydroxyl groups excluding tert-OH is 1. The van der Waals surface area contributed by atoms with E-state index in [1.165, 1.54) is 38.5 Å². The molecule has 0 aromatic heterocycles. The van der Waals surface area contributed by atoms with Gasteiger partial charge in [0.05, 0.1) is 11.7 Å². The van der Waals surface area contributed by atoms with Crippen LogP contribution >= 0.6 is 0 Å². The van der Waals surface area contributed by atoms with Crippen LogP contribution in [0.15, 0.2) is 23.8 Å². The second-order valence-electron chi connectivity index (χ2n) is 12.6. The van der Waals surface area contributed by atoms with E-state index in [9.17, 15) is 10.2 Å². The molecule has 0 aliphatic heterocycles. The highest BCUT2D eigenvalue weighted by Crippen LogP contribution is 2.67. The Labute approximate surface area is 191 Å². The third-order valence-corrected chi connectivity index (χ3v) is 11.0. The van der Waals surface area contributed by atoms with E-state index in [-0.39, 0.29) is 12.0 Å². The summed E-state index contributed by atoms with van der Waals surface area (Å²) < 4.78 is 0. The topological polar surface area (TPSA) is 40.5 Å². The summed E-state index contributed by atoms with van der Waals surface area (Å²) >= 11 is 0. The van der Waals surface area contributed by atoms with Crippen molar-refractivity contribution in [2.75, 3.05) is 0 Å².